The van der Waals surface area contributed by atoms with E-state index in [1.54, 1.807) is 18.2 Å². The summed E-state index contributed by atoms with van der Waals surface area (Å²) in [6.07, 6.45) is 0. The predicted octanol–water partition coefficient (Wildman–Crippen LogP) is 3.57. The Hall–Kier alpha value is -2.60. The van der Waals surface area contributed by atoms with E-state index in [-0.39, 0.29) is 18.2 Å². The van der Waals surface area contributed by atoms with E-state index < -0.39 is 4.92 Å². The normalized spacial score (nSPS) is 10.1. The lowest BCUT2D eigenvalue weighted by molar-refractivity contribution is -0.384. The van der Waals surface area contributed by atoms with Crippen molar-refractivity contribution in [2.24, 2.45) is 0 Å². The van der Waals surface area contributed by atoms with Gasteiger partial charge in [-0.2, -0.15) is 0 Å². The monoisotopic (exact) mass is 320 g/mol. The van der Waals surface area contributed by atoms with Crippen molar-refractivity contribution in [2.45, 2.75) is 6.92 Å². The number of rotatable bonds is 5. The second-order valence-corrected chi connectivity index (χ2v) is 4.99. The van der Waals surface area contributed by atoms with Crippen molar-refractivity contribution in [3.8, 4) is 5.75 Å². The zero-order valence-electron chi connectivity index (χ0n) is 11.7. The lowest BCUT2D eigenvalue weighted by Gasteiger charge is -2.09. The molecule has 0 saturated heterocycles. The van der Waals surface area contributed by atoms with Gasteiger partial charge < -0.3 is 10.1 Å². The van der Waals surface area contributed by atoms with Crippen LogP contribution in [0.4, 0.5) is 11.4 Å². The van der Waals surface area contributed by atoms with Crippen LogP contribution in [0.5, 0.6) is 5.75 Å². The molecule has 0 fully saturated rings. The second-order valence-electron chi connectivity index (χ2n) is 4.55. The molecule has 2 aromatic rings. The Morgan fingerprint density at radius 2 is 1.95 bits per heavy atom. The number of non-ortho nitro benzene ring substituents is 1. The number of nitrogens with zero attached hydrogens (tertiary/aromatic N) is 1. The van der Waals surface area contributed by atoms with Crippen LogP contribution < -0.4 is 10.1 Å². The van der Waals surface area contributed by atoms with Gasteiger partial charge in [0.15, 0.2) is 6.61 Å². The van der Waals surface area contributed by atoms with Gasteiger partial charge in [-0.15, -0.1) is 0 Å². The number of nitro benzene ring substituents is 1. The first-order valence-electron chi connectivity index (χ1n) is 6.39. The van der Waals surface area contributed by atoms with Crippen LogP contribution in [-0.2, 0) is 4.79 Å². The van der Waals surface area contributed by atoms with Crippen LogP contribution in [-0.4, -0.2) is 17.4 Å². The van der Waals surface area contributed by atoms with Crippen molar-refractivity contribution in [2.75, 3.05) is 11.9 Å². The lowest BCUT2D eigenvalue weighted by atomic mass is 10.2. The molecule has 0 unspecified atom stereocenters. The van der Waals surface area contributed by atoms with Gasteiger partial charge in [-0.1, -0.05) is 11.6 Å². The van der Waals surface area contributed by atoms with Crippen molar-refractivity contribution < 1.29 is 14.5 Å². The van der Waals surface area contributed by atoms with Gasteiger partial charge >= 0.3 is 0 Å². The SMILES string of the molecule is Cc1cc(Cl)ccc1OCC(=O)Nc1ccc([N+](=O)[O-])cc1. The third kappa shape index (κ3) is 4.20. The summed E-state index contributed by atoms with van der Waals surface area (Å²) in [6.45, 7) is 1.66. The number of aryl methyl sites for hydroxylation is 1. The largest absolute Gasteiger partial charge is 0.483 e. The summed E-state index contributed by atoms with van der Waals surface area (Å²) in [6, 6.07) is 10.7. The molecule has 6 nitrogen and oxygen atoms in total. The Morgan fingerprint density at radius 3 is 2.55 bits per heavy atom. The van der Waals surface area contributed by atoms with Crippen molar-refractivity contribution in [1.82, 2.24) is 0 Å². The van der Waals surface area contributed by atoms with Crippen molar-refractivity contribution in [3.63, 3.8) is 0 Å². The van der Waals surface area contributed by atoms with E-state index in [4.69, 9.17) is 16.3 Å². The molecule has 0 spiro atoms. The van der Waals surface area contributed by atoms with Crippen molar-refractivity contribution in [1.29, 1.82) is 0 Å². The number of hydrogen-bond acceptors (Lipinski definition) is 4. The Kier molecular flexibility index (Phi) is 4.95. The Labute approximate surface area is 131 Å². The first-order chi connectivity index (χ1) is 10.5. The van der Waals surface area contributed by atoms with Crippen molar-refractivity contribution >= 4 is 28.9 Å². The first kappa shape index (κ1) is 15.8. The number of anilines is 1. The van der Waals surface area contributed by atoms with Gasteiger partial charge in [-0.3, -0.25) is 14.9 Å². The molecule has 0 aliphatic carbocycles. The number of amides is 1. The molecule has 0 radical (unpaired) electrons. The minimum atomic E-state index is -0.502. The molecule has 0 saturated carbocycles. The maximum absolute atomic E-state index is 11.8. The van der Waals surface area contributed by atoms with Crippen LogP contribution in [0.2, 0.25) is 5.02 Å². The molecule has 2 aromatic carbocycles. The van der Waals surface area contributed by atoms with Crippen LogP contribution in [0.1, 0.15) is 5.56 Å². The molecule has 22 heavy (non-hydrogen) atoms. The number of nitro groups is 1. The molecule has 114 valence electrons. The maximum atomic E-state index is 11.8. The quantitative estimate of drug-likeness (QED) is 0.674. The third-order valence-electron chi connectivity index (χ3n) is 2.86. The Morgan fingerprint density at radius 1 is 1.27 bits per heavy atom. The number of hydrogen-bond donors (Lipinski definition) is 1. The third-order valence-corrected chi connectivity index (χ3v) is 3.09. The molecule has 1 amide bonds. The number of benzene rings is 2. The number of ether oxygens (including phenoxy) is 1. The van der Waals surface area contributed by atoms with Crippen LogP contribution in [0, 0.1) is 17.0 Å². The Balaban J connectivity index is 1.91. The van der Waals surface area contributed by atoms with E-state index in [9.17, 15) is 14.9 Å². The highest BCUT2D eigenvalue weighted by molar-refractivity contribution is 6.30. The highest BCUT2D eigenvalue weighted by Gasteiger charge is 2.08. The summed E-state index contributed by atoms with van der Waals surface area (Å²) in [5.74, 6) is 0.214. The summed E-state index contributed by atoms with van der Waals surface area (Å²) < 4.78 is 5.41. The number of nitrogens with one attached hydrogen (secondary N) is 1. The molecule has 0 atom stereocenters. The van der Waals surface area contributed by atoms with E-state index >= 15 is 0 Å². The highest BCUT2D eigenvalue weighted by atomic mass is 35.5. The fourth-order valence-electron chi connectivity index (χ4n) is 1.78. The van der Waals surface area contributed by atoms with Gasteiger partial charge in [0.1, 0.15) is 5.75 Å². The van der Waals surface area contributed by atoms with Gasteiger partial charge in [0.2, 0.25) is 0 Å². The summed E-state index contributed by atoms with van der Waals surface area (Å²) in [7, 11) is 0. The molecule has 0 aliphatic heterocycles. The van der Waals surface area contributed by atoms with Crippen LogP contribution in [0.3, 0.4) is 0 Å². The summed E-state index contributed by atoms with van der Waals surface area (Å²) in [4.78, 5) is 21.8. The smallest absolute Gasteiger partial charge is 0.269 e. The first-order valence-corrected chi connectivity index (χ1v) is 6.77. The molecule has 1 N–H and O–H groups in total. The molecule has 2 rings (SSSR count). The molecule has 0 heterocycles. The van der Waals surface area contributed by atoms with E-state index in [0.717, 1.165) is 5.56 Å². The van der Waals surface area contributed by atoms with Crippen LogP contribution in [0.25, 0.3) is 0 Å². The minimum absolute atomic E-state index is 0.0361. The van der Waals surface area contributed by atoms with Crippen molar-refractivity contribution in [3.05, 3.63) is 63.2 Å². The fourth-order valence-corrected chi connectivity index (χ4v) is 2.01. The van der Waals surface area contributed by atoms with E-state index in [2.05, 4.69) is 5.32 Å². The number of halogens is 1. The van der Waals surface area contributed by atoms with Crippen LogP contribution >= 0.6 is 11.6 Å². The minimum Gasteiger partial charge on any atom is -0.483 e. The van der Waals surface area contributed by atoms with Gasteiger partial charge in [0.25, 0.3) is 11.6 Å². The average molecular weight is 321 g/mol. The fraction of sp³-hybridized carbons (Fsp3) is 0.133. The maximum Gasteiger partial charge on any atom is 0.269 e. The van der Waals surface area contributed by atoms with E-state index in [0.29, 0.717) is 16.5 Å². The topological polar surface area (TPSA) is 81.5 Å². The zero-order chi connectivity index (χ0) is 16.1. The summed E-state index contributed by atoms with van der Waals surface area (Å²) in [5.41, 5.74) is 1.26. The summed E-state index contributed by atoms with van der Waals surface area (Å²) >= 11 is 5.84. The molecule has 0 aliphatic rings. The van der Waals surface area contributed by atoms with Crippen LogP contribution in [0.15, 0.2) is 42.5 Å². The van der Waals surface area contributed by atoms with Gasteiger partial charge in [0.05, 0.1) is 4.92 Å². The van der Waals surface area contributed by atoms with Gasteiger partial charge in [-0.25, -0.2) is 0 Å². The number of carbonyl (C=O) groups is 1. The van der Waals surface area contributed by atoms with E-state index in [1.807, 2.05) is 6.92 Å². The molecule has 0 bridgehead atoms. The zero-order valence-corrected chi connectivity index (χ0v) is 12.5. The molecule has 0 aromatic heterocycles. The second kappa shape index (κ2) is 6.91. The number of carbonyl (C=O) groups excluding carboxylic acids is 1. The van der Waals surface area contributed by atoms with Gasteiger partial charge in [0, 0.05) is 22.8 Å². The lowest BCUT2D eigenvalue weighted by Crippen LogP contribution is -2.20. The standard InChI is InChI=1S/C15H13ClN2O4/c1-10-8-11(16)2-7-14(10)22-9-15(19)17-12-3-5-13(6-4-12)18(20)21/h2-8H,9H2,1H3,(H,17,19). The Bertz CT molecular complexity index is 701. The molecular weight excluding hydrogens is 308 g/mol. The highest BCUT2D eigenvalue weighted by Crippen LogP contribution is 2.21. The summed E-state index contributed by atoms with van der Waals surface area (Å²) in [5, 5.41) is 13.7. The van der Waals surface area contributed by atoms with Gasteiger partial charge in [-0.05, 0) is 42.8 Å². The molecular formula is C15H13ClN2O4. The molecule has 7 heteroatoms. The predicted molar refractivity (Wildman–Crippen MR) is 83.4 cm³/mol. The average Bonchev–Trinajstić information content (AvgIpc) is 2.47. The van der Waals surface area contributed by atoms with E-state index in [1.165, 1.54) is 24.3 Å².